The van der Waals surface area contributed by atoms with Crippen LogP contribution in [-0.4, -0.2) is 56.8 Å². The fraction of sp³-hybridized carbons (Fsp3) is 0.464. The van der Waals surface area contributed by atoms with Crippen molar-refractivity contribution < 1.29 is 9.53 Å². The molecule has 35 heavy (non-hydrogen) atoms. The molecule has 1 fully saturated rings. The quantitative estimate of drug-likeness (QED) is 0.443. The average molecular weight is 493 g/mol. The Kier molecular flexibility index (Phi) is 7.74. The maximum absolute atomic E-state index is 12.1. The van der Waals surface area contributed by atoms with E-state index in [2.05, 4.69) is 46.2 Å². The Morgan fingerprint density at radius 2 is 1.91 bits per heavy atom. The minimum Gasteiger partial charge on any atom is -0.491 e. The predicted octanol–water partition coefficient (Wildman–Crippen LogP) is 5.49. The first-order valence-corrected chi connectivity index (χ1v) is 13.8. The van der Waals surface area contributed by atoms with Crippen molar-refractivity contribution in [3.05, 3.63) is 54.1 Å². The van der Waals surface area contributed by atoms with E-state index in [0.29, 0.717) is 6.54 Å². The Morgan fingerprint density at radius 3 is 2.80 bits per heavy atom. The number of amides is 2. The summed E-state index contributed by atoms with van der Waals surface area (Å²) in [5.41, 5.74) is 8.36. The fourth-order valence-electron chi connectivity index (χ4n) is 5.25. The molecule has 5 rings (SSSR count). The largest absolute Gasteiger partial charge is 0.491 e. The number of nitrogens with two attached hydrogens (primary N) is 1. The minimum atomic E-state index is -0.369. The van der Waals surface area contributed by atoms with E-state index in [4.69, 9.17) is 10.5 Å². The molecule has 3 aromatic rings. The van der Waals surface area contributed by atoms with Gasteiger partial charge in [0.25, 0.3) is 0 Å². The van der Waals surface area contributed by atoms with E-state index in [1.165, 1.54) is 22.4 Å². The first-order chi connectivity index (χ1) is 17.2. The molecule has 0 bridgehead atoms. The number of benzene rings is 2. The van der Waals surface area contributed by atoms with E-state index >= 15 is 0 Å². The van der Waals surface area contributed by atoms with Crippen molar-refractivity contribution in [2.75, 3.05) is 55.7 Å². The van der Waals surface area contributed by atoms with Crippen LogP contribution in [0.15, 0.2) is 48.5 Å². The average Bonchev–Trinajstić information content (AvgIpc) is 3.00. The Morgan fingerprint density at radius 1 is 1.00 bits per heavy atom. The molecule has 0 saturated carbocycles. The summed E-state index contributed by atoms with van der Waals surface area (Å²) >= 11 is 1.63. The van der Waals surface area contributed by atoms with Crippen molar-refractivity contribution >= 4 is 38.1 Å². The van der Waals surface area contributed by atoms with Gasteiger partial charge in [-0.1, -0.05) is 30.3 Å². The van der Waals surface area contributed by atoms with E-state index in [0.717, 1.165) is 87.6 Å². The summed E-state index contributed by atoms with van der Waals surface area (Å²) in [4.78, 5) is 19.0. The minimum absolute atomic E-state index is 0.369. The molecule has 0 atom stereocenters. The summed E-state index contributed by atoms with van der Waals surface area (Å²) in [6, 6.07) is 16.6. The number of unbranched alkanes of at least 4 members (excludes halogenated alkanes) is 1. The van der Waals surface area contributed by atoms with Crippen molar-refractivity contribution in [1.29, 1.82) is 0 Å². The maximum atomic E-state index is 12.1. The number of primary amides is 1. The number of thiophene rings is 1. The van der Waals surface area contributed by atoms with E-state index in [-0.39, 0.29) is 6.03 Å². The molecule has 2 N–H and O–H groups in total. The number of carbonyl (C=O) groups is 1. The highest BCUT2D eigenvalue weighted by Gasteiger charge is 2.21. The molecule has 6 nitrogen and oxygen atoms in total. The van der Waals surface area contributed by atoms with Crippen LogP contribution in [0.3, 0.4) is 0 Å². The zero-order valence-corrected chi connectivity index (χ0v) is 21.3. The second-order valence-corrected chi connectivity index (χ2v) is 10.6. The number of carbonyl (C=O) groups excluding carboxylic acids is 1. The van der Waals surface area contributed by atoms with Crippen LogP contribution in [0, 0.1) is 0 Å². The fourth-order valence-corrected chi connectivity index (χ4v) is 6.34. The van der Waals surface area contributed by atoms with Crippen molar-refractivity contribution in [3.63, 3.8) is 0 Å². The van der Waals surface area contributed by atoms with Crippen LogP contribution in [-0.2, 0) is 6.42 Å². The van der Waals surface area contributed by atoms with E-state index in [1.54, 1.807) is 16.2 Å². The zero-order chi connectivity index (χ0) is 24.0. The highest BCUT2D eigenvalue weighted by Crippen LogP contribution is 2.36. The second-order valence-electron chi connectivity index (χ2n) is 9.57. The van der Waals surface area contributed by atoms with Gasteiger partial charge in [-0.3, -0.25) is 4.90 Å². The van der Waals surface area contributed by atoms with Gasteiger partial charge in [0.05, 0.1) is 12.3 Å². The number of anilines is 2. The monoisotopic (exact) mass is 492 g/mol. The maximum Gasteiger partial charge on any atom is 0.319 e. The molecular weight excluding hydrogens is 456 g/mol. The molecular formula is C28H36N4O2S. The molecule has 2 amide bonds. The first-order valence-electron chi connectivity index (χ1n) is 13.0. The van der Waals surface area contributed by atoms with Crippen molar-refractivity contribution in [2.45, 2.75) is 38.5 Å². The normalized spacial score (nSPS) is 16.9. The summed E-state index contributed by atoms with van der Waals surface area (Å²) in [6.07, 6.45) is 6.61. The molecule has 1 aromatic heterocycles. The topological polar surface area (TPSA) is 62.0 Å². The Bertz CT molecular complexity index is 1110. The molecule has 0 radical (unpaired) electrons. The van der Waals surface area contributed by atoms with Crippen LogP contribution >= 0.6 is 11.3 Å². The number of fused-ring (bicyclic) bond motifs is 2. The number of hydrogen-bond acceptors (Lipinski definition) is 5. The van der Waals surface area contributed by atoms with Gasteiger partial charge in [-0.15, -0.1) is 11.3 Å². The molecule has 2 aliphatic rings. The van der Waals surface area contributed by atoms with Gasteiger partial charge in [-0.05, 0) is 80.8 Å². The molecule has 2 aromatic carbocycles. The van der Waals surface area contributed by atoms with Gasteiger partial charge in [0.15, 0.2) is 0 Å². The number of para-hydroxylation sites is 1. The number of aryl methyl sites for hydroxylation is 1. The molecule has 0 spiro atoms. The molecule has 0 aliphatic carbocycles. The lowest BCUT2D eigenvalue weighted by Gasteiger charge is -2.26. The Balaban J connectivity index is 1.13. The number of urea groups is 1. The Labute approximate surface area is 212 Å². The first kappa shape index (κ1) is 23.9. The molecule has 3 heterocycles. The number of ether oxygens (including phenoxy) is 1. The zero-order valence-electron chi connectivity index (χ0n) is 20.5. The van der Waals surface area contributed by atoms with Gasteiger partial charge in [-0.25, -0.2) is 4.79 Å². The smallest absolute Gasteiger partial charge is 0.319 e. The highest BCUT2D eigenvalue weighted by molar-refractivity contribution is 7.23. The summed E-state index contributed by atoms with van der Waals surface area (Å²) in [6.45, 7) is 6.80. The second kappa shape index (κ2) is 11.3. The number of rotatable bonds is 7. The molecule has 186 valence electrons. The number of nitrogens with zero attached hydrogens (tertiary/aromatic N) is 3. The third kappa shape index (κ3) is 5.73. The predicted molar refractivity (Wildman–Crippen MR) is 146 cm³/mol. The summed E-state index contributed by atoms with van der Waals surface area (Å²) in [5.74, 6) is 1.12. The lowest BCUT2D eigenvalue weighted by atomic mass is 10.1. The highest BCUT2D eigenvalue weighted by atomic mass is 32.1. The van der Waals surface area contributed by atoms with Crippen LogP contribution in [0.25, 0.3) is 10.1 Å². The SMILES string of the molecule is NC(=O)N(CCCCN1CCCN(c2cccc3c2OCCCC3)CC1)c1cc2ccccc2s1. The summed E-state index contributed by atoms with van der Waals surface area (Å²) in [7, 11) is 0. The van der Waals surface area contributed by atoms with Gasteiger partial charge in [0, 0.05) is 30.9 Å². The van der Waals surface area contributed by atoms with Gasteiger partial charge >= 0.3 is 6.03 Å². The van der Waals surface area contributed by atoms with E-state index in [1.807, 2.05) is 12.1 Å². The number of hydrogen-bond donors (Lipinski definition) is 1. The molecule has 0 unspecified atom stereocenters. The van der Waals surface area contributed by atoms with Gasteiger partial charge < -0.3 is 20.3 Å². The van der Waals surface area contributed by atoms with Crippen LogP contribution < -0.4 is 20.3 Å². The van der Waals surface area contributed by atoms with Crippen molar-refractivity contribution in [3.8, 4) is 5.75 Å². The van der Waals surface area contributed by atoms with Crippen molar-refractivity contribution in [2.24, 2.45) is 5.73 Å². The third-order valence-corrected chi connectivity index (χ3v) is 8.28. The van der Waals surface area contributed by atoms with Crippen molar-refractivity contribution in [1.82, 2.24) is 4.90 Å². The van der Waals surface area contributed by atoms with Crippen LogP contribution in [0.5, 0.6) is 5.75 Å². The van der Waals surface area contributed by atoms with E-state index < -0.39 is 0 Å². The van der Waals surface area contributed by atoms with E-state index in [9.17, 15) is 4.79 Å². The van der Waals surface area contributed by atoms with Gasteiger partial charge in [0.2, 0.25) is 0 Å². The standard InChI is InChI=1S/C28H36N4O2S/c29-28(33)32(26-21-23-10-1-2-13-25(23)35-26)17-5-4-14-30-15-8-16-31(19-18-30)24-12-7-11-22-9-3-6-20-34-27(22)24/h1-2,7,10-13,21H,3-6,8-9,14-20H2,(H2,29,33). The molecule has 2 aliphatic heterocycles. The summed E-state index contributed by atoms with van der Waals surface area (Å²) < 4.78 is 7.36. The van der Waals surface area contributed by atoms with Crippen LogP contribution in [0.2, 0.25) is 0 Å². The lowest BCUT2D eigenvalue weighted by molar-refractivity contribution is 0.253. The van der Waals surface area contributed by atoms with Crippen LogP contribution in [0.1, 0.15) is 37.7 Å². The molecule has 7 heteroatoms. The summed E-state index contributed by atoms with van der Waals surface area (Å²) in [5, 5.41) is 2.10. The lowest BCUT2D eigenvalue weighted by Crippen LogP contribution is -2.36. The molecule has 1 saturated heterocycles. The third-order valence-electron chi connectivity index (χ3n) is 7.14. The van der Waals surface area contributed by atoms with Gasteiger partial charge in [-0.2, -0.15) is 0 Å². The van der Waals surface area contributed by atoms with Crippen LogP contribution in [0.4, 0.5) is 15.5 Å². The van der Waals surface area contributed by atoms with Gasteiger partial charge in [0.1, 0.15) is 10.8 Å². The Hall–Kier alpha value is -2.77.